The van der Waals surface area contributed by atoms with Crippen molar-refractivity contribution in [3.8, 4) is 6.07 Å². The molecule has 16 heavy (non-hydrogen) atoms. The minimum atomic E-state index is -0.847. The molecule has 0 spiro atoms. The van der Waals surface area contributed by atoms with Gasteiger partial charge in [0.15, 0.2) is 5.92 Å². The van der Waals surface area contributed by atoms with Crippen molar-refractivity contribution in [2.24, 2.45) is 0 Å². The summed E-state index contributed by atoms with van der Waals surface area (Å²) in [5.41, 5.74) is 0.132. The van der Waals surface area contributed by atoms with Crippen LogP contribution in [-0.4, -0.2) is 16.4 Å². The summed E-state index contributed by atoms with van der Waals surface area (Å²) in [6.45, 7) is 5.62. The van der Waals surface area contributed by atoms with Crippen molar-refractivity contribution in [3.05, 3.63) is 30.1 Å². The minimum Gasteiger partial charge on any atom is -0.350 e. The summed E-state index contributed by atoms with van der Waals surface area (Å²) in [7, 11) is 0. The zero-order chi connectivity index (χ0) is 12.2. The van der Waals surface area contributed by atoms with E-state index < -0.39 is 5.92 Å². The highest BCUT2D eigenvalue weighted by Gasteiger charge is 2.24. The van der Waals surface area contributed by atoms with Gasteiger partial charge in [-0.1, -0.05) is 6.07 Å². The molecule has 4 heteroatoms. The van der Waals surface area contributed by atoms with Gasteiger partial charge in [0.25, 0.3) is 0 Å². The molecule has 1 atom stereocenters. The Morgan fingerprint density at radius 1 is 1.50 bits per heavy atom. The predicted molar refractivity (Wildman–Crippen MR) is 60.5 cm³/mol. The Morgan fingerprint density at radius 3 is 2.62 bits per heavy atom. The lowest BCUT2D eigenvalue weighted by Gasteiger charge is -2.22. The molecule has 0 aliphatic heterocycles. The average molecular weight is 217 g/mol. The third-order valence-corrected chi connectivity index (χ3v) is 1.87. The summed E-state index contributed by atoms with van der Waals surface area (Å²) in [6.07, 6.45) is 1.57. The number of hydrogen-bond acceptors (Lipinski definition) is 3. The summed E-state index contributed by atoms with van der Waals surface area (Å²) >= 11 is 0. The fraction of sp³-hybridized carbons (Fsp3) is 0.417. The first kappa shape index (κ1) is 12.2. The Hall–Kier alpha value is -1.89. The molecule has 1 heterocycles. The largest absolute Gasteiger partial charge is 0.350 e. The Labute approximate surface area is 95.3 Å². The van der Waals surface area contributed by atoms with Gasteiger partial charge in [-0.2, -0.15) is 5.26 Å². The van der Waals surface area contributed by atoms with Crippen molar-refractivity contribution in [1.82, 2.24) is 10.3 Å². The molecule has 0 unspecified atom stereocenters. The van der Waals surface area contributed by atoms with Gasteiger partial charge in [0.1, 0.15) is 0 Å². The molecular weight excluding hydrogens is 202 g/mol. The van der Waals surface area contributed by atoms with Crippen molar-refractivity contribution in [3.63, 3.8) is 0 Å². The number of hydrogen-bond donors (Lipinski definition) is 1. The van der Waals surface area contributed by atoms with Gasteiger partial charge >= 0.3 is 0 Å². The average Bonchev–Trinajstić information content (AvgIpc) is 2.17. The van der Waals surface area contributed by atoms with Crippen LogP contribution in [0.1, 0.15) is 32.4 Å². The monoisotopic (exact) mass is 217 g/mol. The van der Waals surface area contributed by atoms with E-state index in [-0.39, 0.29) is 11.4 Å². The van der Waals surface area contributed by atoms with E-state index in [1.807, 2.05) is 26.8 Å². The number of pyridine rings is 1. The summed E-state index contributed by atoms with van der Waals surface area (Å²) < 4.78 is 0. The number of amides is 1. The number of carbonyl (C=O) groups excluding carboxylic acids is 1. The topological polar surface area (TPSA) is 65.8 Å². The molecule has 0 saturated carbocycles. The lowest BCUT2D eigenvalue weighted by atomic mass is 10.0. The van der Waals surface area contributed by atoms with Crippen LogP contribution < -0.4 is 5.32 Å². The number of nitrogens with zero attached hydrogens (tertiary/aromatic N) is 2. The molecule has 0 saturated heterocycles. The highest BCUT2D eigenvalue weighted by Crippen LogP contribution is 2.13. The lowest BCUT2D eigenvalue weighted by Crippen LogP contribution is -2.43. The van der Waals surface area contributed by atoms with Crippen molar-refractivity contribution >= 4 is 5.91 Å². The van der Waals surface area contributed by atoms with Crippen molar-refractivity contribution < 1.29 is 4.79 Å². The first-order valence-electron chi connectivity index (χ1n) is 5.06. The molecule has 0 fully saturated rings. The normalized spacial score (nSPS) is 12.6. The van der Waals surface area contributed by atoms with E-state index >= 15 is 0 Å². The first-order chi connectivity index (χ1) is 7.44. The molecule has 0 bridgehead atoms. The molecule has 0 radical (unpaired) electrons. The third kappa shape index (κ3) is 3.35. The van der Waals surface area contributed by atoms with Gasteiger partial charge in [-0.25, -0.2) is 0 Å². The fourth-order valence-corrected chi connectivity index (χ4v) is 1.25. The van der Waals surface area contributed by atoms with Crippen LogP contribution in [0.4, 0.5) is 0 Å². The molecule has 1 rings (SSSR count). The van der Waals surface area contributed by atoms with Crippen LogP contribution >= 0.6 is 0 Å². The highest BCUT2D eigenvalue weighted by atomic mass is 16.2. The van der Waals surface area contributed by atoms with Crippen LogP contribution in [0.25, 0.3) is 0 Å². The van der Waals surface area contributed by atoms with Crippen LogP contribution in [0.3, 0.4) is 0 Å². The SMILES string of the molecule is CC(C)(C)NC(=O)[C@@H](C#N)c1ccccn1. The smallest absolute Gasteiger partial charge is 0.243 e. The molecule has 1 aromatic heterocycles. The van der Waals surface area contributed by atoms with Crippen LogP contribution in [0.15, 0.2) is 24.4 Å². The summed E-state index contributed by atoms with van der Waals surface area (Å²) in [5.74, 6) is -1.16. The van der Waals surface area contributed by atoms with Crippen LogP contribution in [-0.2, 0) is 4.79 Å². The number of nitrogens with one attached hydrogen (secondary N) is 1. The second-order valence-corrected chi connectivity index (χ2v) is 4.56. The predicted octanol–water partition coefficient (Wildman–Crippen LogP) is 1.60. The van der Waals surface area contributed by atoms with Crippen molar-refractivity contribution in [1.29, 1.82) is 5.26 Å². The molecular formula is C12H15N3O. The maximum atomic E-state index is 11.8. The van der Waals surface area contributed by atoms with Crippen molar-refractivity contribution in [2.75, 3.05) is 0 Å². The molecule has 1 amide bonds. The summed E-state index contributed by atoms with van der Waals surface area (Å²) in [6, 6.07) is 7.15. The van der Waals surface area contributed by atoms with Crippen molar-refractivity contribution in [2.45, 2.75) is 32.2 Å². The van der Waals surface area contributed by atoms with E-state index in [0.29, 0.717) is 5.69 Å². The third-order valence-electron chi connectivity index (χ3n) is 1.87. The zero-order valence-electron chi connectivity index (χ0n) is 9.69. The molecule has 84 valence electrons. The minimum absolute atomic E-state index is 0.311. The van der Waals surface area contributed by atoms with Gasteiger partial charge in [0.2, 0.25) is 5.91 Å². The molecule has 1 N–H and O–H groups in total. The van der Waals surface area contributed by atoms with Gasteiger partial charge in [-0.05, 0) is 32.9 Å². The van der Waals surface area contributed by atoms with Gasteiger partial charge in [0, 0.05) is 11.7 Å². The zero-order valence-corrected chi connectivity index (χ0v) is 9.69. The number of nitriles is 1. The maximum Gasteiger partial charge on any atom is 0.243 e. The van der Waals surface area contributed by atoms with E-state index in [4.69, 9.17) is 5.26 Å². The fourth-order valence-electron chi connectivity index (χ4n) is 1.25. The maximum absolute atomic E-state index is 11.8. The standard InChI is InChI=1S/C12H15N3O/c1-12(2,3)15-11(16)9(8-13)10-6-4-5-7-14-10/h4-7,9H,1-3H3,(H,15,16)/t9-/m0/s1. The van der Waals surface area contributed by atoms with Gasteiger partial charge in [-0.3, -0.25) is 9.78 Å². The van der Waals surface area contributed by atoms with Crippen LogP contribution in [0, 0.1) is 11.3 Å². The van der Waals surface area contributed by atoms with Gasteiger partial charge < -0.3 is 5.32 Å². The Balaban J connectivity index is 2.85. The van der Waals surface area contributed by atoms with E-state index in [0.717, 1.165) is 0 Å². The van der Waals surface area contributed by atoms with E-state index in [9.17, 15) is 4.79 Å². The van der Waals surface area contributed by atoms with E-state index in [1.165, 1.54) is 0 Å². The quantitative estimate of drug-likeness (QED) is 0.818. The number of carbonyl (C=O) groups is 1. The molecule has 0 aliphatic rings. The Morgan fingerprint density at radius 2 is 2.19 bits per heavy atom. The van der Waals surface area contributed by atoms with Crippen LogP contribution in [0.2, 0.25) is 0 Å². The molecule has 1 aromatic rings. The summed E-state index contributed by atoms with van der Waals surface area (Å²) in [5, 5.41) is 11.8. The van der Waals surface area contributed by atoms with E-state index in [1.54, 1.807) is 24.4 Å². The first-order valence-corrected chi connectivity index (χ1v) is 5.06. The lowest BCUT2D eigenvalue weighted by molar-refractivity contribution is -0.122. The Bertz CT molecular complexity index is 401. The number of aromatic nitrogens is 1. The Kier molecular flexibility index (Phi) is 3.62. The molecule has 0 aliphatic carbocycles. The highest BCUT2D eigenvalue weighted by molar-refractivity contribution is 5.86. The second-order valence-electron chi connectivity index (χ2n) is 4.56. The number of rotatable bonds is 2. The molecule has 0 aromatic carbocycles. The van der Waals surface area contributed by atoms with Crippen LogP contribution in [0.5, 0.6) is 0 Å². The van der Waals surface area contributed by atoms with E-state index in [2.05, 4.69) is 10.3 Å². The summed E-state index contributed by atoms with van der Waals surface area (Å²) in [4.78, 5) is 15.8. The second kappa shape index (κ2) is 4.75. The molecule has 4 nitrogen and oxygen atoms in total. The van der Waals surface area contributed by atoms with Gasteiger partial charge in [-0.15, -0.1) is 0 Å². The van der Waals surface area contributed by atoms with Gasteiger partial charge in [0.05, 0.1) is 11.8 Å².